The number of carbonyl (C=O) groups excluding carboxylic acids is 6. The normalized spacial score (nSPS) is 11.8. The van der Waals surface area contributed by atoms with Crippen molar-refractivity contribution in [3.8, 4) is 0 Å². The smallest absolute Gasteiger partial charge is 0.295 e. The molecule has 0 spiro atoms. The van der Waals surface area contributed by atoms with E-state index in [1.54, 1.807) is 112 Å². The van der Waals surface area contributed by atoms with Crippen LogP contribution in [0.25, 0.3) is 0 Å². The lowest BCUT2D eigenvalue weighted by Gasteiger charge is -2.33. The van der Waals surface area contributed by atoms with E-state index in [4.69, 9.17) is 0 Å². The molecule has 0 atom stereocenters. The van der Waals surface area contributed by atoms with Gasteiger partial charge in [0.05, 0.1) is 25.7 Å². The first-order valence-corrected chi connectivity index (χ1v) is 50.0. The van der Waals surface area contributed by atoms with Gasteiger partial charge in [-0.1, -0.05) is 143 Å². The number of hydrogen-bond donors (Lipinski definition) is 0. The number of Topliss-reactive ketones (excluding diaryl/α,β-unsaturated/α-hetero) is 6. The predicted molar refractivity (Wildman–Crippen MR) is 491 cm³/mol. The van der Waals surface area contributed by atoms with E-state index in [1.165, 1.54) is 29.4 Å². The molecule has 0 amide bonds. The molecule has 0 saturated heterocycles. The van der Waals surface area contributed by atoms with E-state index in [9.17, 15) is 111 Å². The Labute approximate surface area is 784 Å². The third-order valence-electron chi connectivity index (χ3n) is 18.3. The average molecular weight is 2010 g/mol. The minimum absolute atomic E-state index is 0.0674. The lowest BCUT2D eigenvalue weighted by Crippen LogP contribution is -2.47. The summed E-state index contributed by atoms with van der Waals surface area (Å²) in [6.45, 7) is 8.72. The summed E-state index contributed by atoms with van der Waals surface area (Å²) >= 11 is 10.1. The summed E-state index contributed by atoms with van der Waals surface area (Å²) in [5.41, 5.74) is -10.8. The molecule has 37 heteroatoms. The van der Waals surface area contributed by atoms with Crippen LogP contribution < -0.4 is 5.46 Å². The van der Waals surface area contributed by atoms with Gasteiger partial charge in [-0.2, -0.15) is 35.1 Å². The summed E-state index contributed by atoms with van der Waals surface area (Å²) in [7, 11) is -19.0. The molecule has 0 N–H and O–H groups in total. The zero-order valence-electron chi connectivity index (χ0n) is 69.6. The average Bonchev–Trinajstić information content (AvgIpc) is 0.715. The van der Waals surface area contributed by atoms with Crippen LogP contribution in [-0.2, 0) is 51.3 Å². The van der Waals surface area contributed by atoms with Crippen molar-refractivity contribution in [2.45, 2.75) is 153 Å². The summed E-state index contributed by atoms with van der Waals surface area (Å²) in [5.74, 6) is -9.89. The fraction of sp³-hybridized carbons (Fsp3) is 0.105. The van der Waals surface area contributed by atoms with E-state index in [0.29, 0.717) is 33.4 Å². The van der Waals surface area contributed by atoms with Crippen LogP contribution in [0.2, 0.25) is 0 Å². The number of sulfone groups is 3. The van der Waals surface area contributed by atoms with E-state index in [-0.39, 0.29) is 56.5 Å². The molecule has 13 aromatic rings. The van der Waals surface area contributed by atoms with Gasteiger partial charge in [0, 0.05) is 99.1 Å². The van der Waals surface area contributed by atoms with Crippen LogP contribution in [0.5, 0.6) is 0 Å². The Bertz CT molecular complexity index is 5710. The summed E-state index contributed by atoms with van der Waals surface area (Å²) in [6.07, 6.45) is 0. The molecular weight excluding hydrogens is 1940 g/mol. The highest BCUT2D eigenvalue weighted by Gasteiger charge is 2.62. The quantitative estimate of drug-likeness (QED) is 0.00850. The number of alkyl halides is 8. The summed E-state index contributed by atoms with van der Waals surface area (Å²) in [5, 5.41) is -5.56. The first-order chi connectivity index (χ1) is 62.0. The van der Waals surface area contributed by atoms with Gasteiger partial charge in [0.1, 0.15) is 17.7 Å². The Morgan fingerprint density at radius 2 is 0.371 bits per heavy atom. The standard InChI is InChI=1S/2C42H33O3S4.C6BF5.C5H3F8O6S3/c2*1-28(43)31-4-10-34(11-5-31)46-37-16-22-40(23-17-37)49(41-24-18-38(19-25-41)47-35-12-6-32(7-13-35)29(2)44)42-26-20-39(21-27-42)48-36-14-8-33(9-15-36)30(3)45;7-1-2(8)4(10)6(12)5(11)3(1)9;1-3(6,7)20(14,15)2(21(16,17)4(8,9)10)22(18,19)5(11,12)13/h2*4-27H,1-3H3;;1H3/q2*+1;;-1. The molecule has 0 unspecified atom stereocenters. The van der Waals surface area contributed by atoms with Crippen LogP contribution in [0, 0.1) is 33.0 Å². The van der Waals surface area contributed by atoms with E-state index in [2.05, 4.69) is 153 Å². The molecule has 0 fully saturated rings. The number of halogens is 13. The summed E-state index contributed by atoms with van der Waals surface area (Å²) in [4.78, 5) is 90.8. The molecule has 2 radical (unpaired) electrons. The fourth-order valence-electron chi connectivity index (χ4n) is 11.4. The van der Waals surface area contributed by atoms with Gasteiger partial charge < -0.3 is 0 Å². The minimum atomic E-state index is -7.78. The van der Waals surface area contributed by atoms with E-state index in [1.807, 2.05) is 146 Å². The fourth-order valence-corrected chi connectivity index (χ4v) is 26.6. The Morgan fingerprint density at radius 1 is 0.242 bits per heavy atom. The number of benzene rings is 13. The highest BCUT2D eigenvalue weighted by molar-refractivity contribution is 8.29. The van der Waals surface area contributed by atoms with Crippen LogP contribution in [0.4, 0.5) is 57.1 Å². The molecule has 13 aromatic carbocycles. The van der Waals surface area contributed by atoms with Gasteiger partial charge in [-0.05, 0) is 265 Å². The van der Waals surface area contributed by atoms with Gasteiger partial charge in [0.15, 0.2) is 113 Å². The van der Waals surface area contributed by atoms with Crippen molar-refractivity contribution in [2.24, 2.45) is 0 Å². The lowest BCUT2D eigenvalue weighted by atomic mass is 9.94. The van der Waals surface area contributed by atoms with Crippen molar-refractivity contribution in [2.75, 3.05) is 0 Å². The molecule has 0 heterocycles. The zero-order valence-corrected chi connectivity index (χ0v) is 78.6. The molecule has 0 aliphatic rings. The Hall–Kier alpha value is -10.3. The lowest BCUT2D eigenvalue weighted by molar-refractivity contribution is -0.0450. The first-order valence-electron chi connectivity index (χ1n) is 38.2. The van der Waals surface area contributed by atoms with Crippen molar-refractivity contribution < 1.29 is 111 Å². The molecule has 0 saturated carbocycles. The van der Waals surface area contributed by atoms with Gasteiger partial charge in [0.2, 0.25) is 0 Å². The second-order valence-electron chi connectivity index (χ2n) is 28.0. The van der Waals surface area contributed by atoms with E-state index < -0.39 is 91.2 Å². The van der Waals surface area contributed by atoms with Crippen LogP contribution in [0.15, 0.2) is 379 Å². The van der Waals surface area contributed by atoms with Gasteiger partial charge >= 0.3 is 16.3 Å². The van der Waals surface area contributed by atoms with Crippen molar-refractivity contribution >= 4 is 170 Å². The summed E-state index contributed by atoms with van der Waals surface area (Å²) in [6, 6.07) is 99.1. The Kier molecular flexibility index (Phi) is 35.1. The molecule has 12 nitrogen and oxygen atoms in total. The maximum absolute atomic E-state index is 12.7. The third kappa shape index (κ3) is 26.8. The van der Waals surface area contributed by atoms with Crippen LogP contribution in [0.1, 0.15) is 111 Å². The van der Waals surface area contributed by atoms with Crippen LogP contribution in [-0.4, -0.2) is 84.1 Å². The topological polar surface area (TPSA) is 205 Å². The van der Waals surface area contributed by atoms with Gasteiger partial charge in [-0.3, -0.25) is 54.0 Å². The third-order valence-corrected chi connectivity index (χ3v) is 36.3. The molecule has 0 aromatic heterocycles. The molecule has 0 aliphatic heterocycles. The van der Waals surface area contributed by atoms with Gasteiger partial charge in [-0.15, -0.1) is 0 Å². The Morgan fingerprint density at radius 3 is 0.492 bits per heavy atom. The number of hydrogen-bond acceptors (Lipinski definition) is 18. The number of carbonyl (C=O) groups is 6. The molecule has 13 rings (SSSR count). The van der Waals surface area contributed by atoms with E-state index >= 15 is 0 Å². The highest BCUT2D eigenvalue weighted by atomic mass is 32.3. The van der Waals surface area contributed by atoms with Crippen LogP contribution in [0.3, 0.4) is 0 Å². The number of rotatable bonds is 28. The largest absolute Gasteiger partial charge is 0.470 e. The second kappa shape index (κ2) is 44.7. The van der Waals surface area contributed by atoms with Crippen molar-refractivity contribution in [3.05, 3.63) is 358 Å². The van der Waals surface area contributed by atoms with Gasteiger partial charge in [0.25, 0.3) is 0 Å². The van der Waals surface area contributed by atoms with Crippen molar-refractivity contribution in [1.29, 1.82) is 0 Å². The first kappa shape index (κ1) is 104. The molecular formula is C95H69BF13O12S11+. The van der Waals surface area contributed by atoms with Gasteiger partial charge in [-0.25, -0.2) is 22.0 Å². The zero-order chi connectivity index (χ0) is 96.7. The SMILES string of the molecule is CC(=O)c1ccc(Sc2ccc([S+](c3ccc(Sc4ccc(C(C)=O)cc4)cc3)c3ccc(Sc4ccc(C(C)=O)cc4)cc3)cc2)cc1.CC(=O)c1ccc(Sc2ccc([S+](c3ccc(Sc4ccc(C(C)=O)cc4)cc3)c3ccc(Sc4ccc(C(C)=O)cc4)cc3)cc2)cc1.CC(F)(F)S(=O)(=O)[C-](S(=O)(=O)C(F)(F)F)S(=O)(=O)C(F)(F)F.[B]c1c(F)c(F)c(F)c(F)c1F. The second-order valence-corrected chi connectivity index (χ2v) is 45.6. The highest BCUT2D eigenvalue weighted by Crippen LogP contribution is 2.48. The minimum Gasteiger partial charge on any atom is -0.295 e. The van der Waals surface area contributed by atoms with E-state index in [0.717, 1.165) is 58.7 Å². The Balaban J connectivity index is 0.000000204. The maximum Gasteiger partial charge on any atom is 0.470 e. The monoisotopic (exact) mass is 2010 g/mol. The molecule has 0 bridgehead atoms. The summed E-state index contributed by atoms with van der Waals surface area (Å²) < 4.78 is 220. The maximum atomic E-state index is 12.7. The number of ketones is 6. The van der Waals surface area contributed by atoms with Crippen molar-refractivity contribution in [3.63, 3.8) is 0 Å². The molecule has 0 aliphatic carbocycles. The predicted octanol–water partition coefficient (Wildman–Crippen LogP) is 26.2. The molecule has 680 valence electrons. The molecule has 132 heavy (non-hydrogen) atoms. The van der Waals surface area contributed by atoms with Crippen LogP contribution >= 0.6 is 70.6 Å². The van der Waals surface area contributed by atoms with Crippen molar-refractivity contribution in [1.82, 2.24) is 0 Å².